The maximum absolute atomic E-state index is 5.41. The molecule has 2 heterocycles. The van der Waals surface area contributed by atoms with E-state index >= 15 is 0 Å². The van der Waals surface area contributed by atoms with Crippen LogP contribution in [-0.4, -0.2) is 24.0 Å². The Morgan fingerprint density at radius 3 is 2.60 bits per heavy atom. The molecule has 0 unspecified atom stereocenters. The van der Waals surface area contributed by atoms with Crippen LogP contribution in [0.4, 0.5) is 0 Å². The first-order chi connectivity index (χ1) is 4.83. The number of hydrogen-bond donors (Lipinski definition) is 0. The smallest absolute Gasteiger partial charge is 0.0370 e. The molecule has 3 atom stereocenters. The van der Waals surface area contributed by atoms with E-state index < -0.39 is 0 Å². The van der Waals surface area contributed by atoms with Gasteiger partial charge in [0.15, 0.2) is 0 Å². The van der Waals surface area contributed by atoms with Gasteiger partial charge in [-0.2, -0.15) is 0 Å². The van der Waals surface area contributed by atoms with Crippen molar-refractivity contribution in [3.05, 3.63) is 0 Å². The number of terminal acetylenes is 1. The zero-order valence-corrected chi connectivity index (χ0v) is 6.38. The van der Waals surface area contributed by atoms with E-state index in [-0.39, 0.29) is 0 Å². The third-order valence-electron chi connectivity index (χ3n) is 3.10. The molecule has 0 amide bonds. The van der Waals surface area contributed by atoms with E-state index in [1.165, 1.54) is 19.3 Å². The minimum Gasteiger partial charge on any atom is -0.299 e. The van der Waals surface area contributed by atoms with Crippen molar-refractivity contribution in [1.29, 1.82) is 0 Å². The van der Waals surface area contributed by atoms with Crippen LogP contribution in [0.15, 0.2) is 0 Å². The van der Waals surface area contributed by atoms with Crippen molar-refractivity contribution in [2.75, 3.05) is 7.05 Å². The Hall–Kier alpha value is -0.480. The van der Waals surface area contributed by atoms with Gasteiger partial charge in [0, 0.05) is 18.0 Å². The fourth-order valence-corrected chi connectivity index (χ4v) is 2.44. The lowest BCUT2D eigenvalue weighted by molar-refractivity contribution is 0.305. The topological polar surface area (TPSA) is 3.24 Å². The second kappa shape index (κ2) is 2.00. The number of hydrogen-bond acceptors (Lipinski definition) is 1. The lowest BCUT2D eigenvalue weighted by Gasteiger charge is -2.15. The highest BCUT2D eigenvalue weighted by Gasteiger charge is 2.42. The molecule has 2 fully saturated rings. The Balaban J connectivity index is 2.17. The molecule has 0 aliphatic carbocycles. The van der Waals surface area contributed by atoms with Crippen LogP contribution in [0.5, 0.6) is 0 Å². The first kappa shape index (κ1) is 6.24. The van der Waals surface area contributed by atoms with Crippen LogP contribution in [-0.2, 0) is 0 Å². The molecule has 2 bridgehead atoms. The second-order valence-corrected chi connectivity index (χ2v) is 3.47. The molecule has 2 aliphatic rings. The molecular weight excluding hydrogens is 122 g/mol. The molecule has 1 nitrogen and oxygen atoms in total. The summed E-state index contributed by atoms with van der Waals surface area (Å²) >= 11 is 0. The molecule has 54 valence electrons. The van der Waals surface area contributed by atoms with Crippen molar-refractivity contribution in [2.24, 2.45) is 5.92 Å². The summed E-state index contributed by atoms with van der Waals surface area (Å²) in [7, 11) is 2.21. The Morgan fingerprint density at radius 1 is 1.50 bits per heavy atom. The Morgan fingerprint density at radius 2 is 2.30 bits per heavy atom. The summed E-state index contributed by atoms with van der Waals surface area (Å²) in [6, 6.07) is 1.53. The summed E-state index contributed by atoms with van der Waals surface area (Å²) in [6.07, 6.45) is 9.36. The lowest BCUT2D eigenvalue weighted by atomic mass is 9.90. The molecule has 0 N–H and O–H groups in total. The summed E-state index contributed by atoms with van der Waals surface area (Å²) in [5.74, 6) is 3.44. The maximum Gasteiger partial charge on any atom is 0.0370 e. The van der Waals surface area contributed by atoms with Gasteiger partial charge in [0.2, 0.25) is 0 Å². The van der Waals surface area contributed by atoms with Crippen LogP contribution in [0.2, 0.25) is 0 Å². The normalized spacial score (nSPS) is 45.8. The van der Waals surface area contributed by atoms with Crippen LogP contribution >= 0.6 is 0 Å². The molecule has 2 aliphatic heterocycles. The standard InChI is InChI=1S/C9H13N/c1-3-7-6-8-4-5-9(7)10(8)2/h1,7-9H,4-6H2,2H3/t7-,8+,9-/m1/s1. The van der Waals surface area contributed by atoms with Gasteiger partial charge in [-0.3, -0.25) is 4.90 Å². The maximum atomic E-state index is 5.41. The SMILES string of the molecule is C#C[C@@H]1C[C@@H]2CC[C@H]1N2C. The second-order valence-electron chi connectivity index (χ2n) is 3.47. The van der Waals surface area contributed by atoms with Crippen LogP contribution in [0.25, 0.3) is 0 Å². The summed E-state index contributed by atoms with van der Waals surface area (Å²) < 4.78 is 0. The average Bonchev–Trinajstić information content (AvgIpc) is 2.46. The largest absolute Gasteiger partial charge is 0.299 e. The fourth-order valence-electron chi connectivity index (χ4n) is 2.44. The summed E-state index contributed by atoms with van der Waals surface area (Å²) in [5.41, 5.74) is 0. The van der Waals surface area contributed by atoms with Gasteiger partial charge in [-0.05, 0) is 26.3 Å². The van der Waals surface area contributed by atoms with Gasteiger partial charge in [-0.15, -0.1) is 12.3 Å². The molecule has 0 aromatic heterocycles. The number of fused-ring (bicyclic) bond motifs is 2. The third-order valence-corrected chi connectivity index (χ3v) is 3.10. The van der Waals surface area contributed by atoms with Gasteiger partial charge < -0.3 is 0 Å². The molecule has 0 radical (unpaired) electrons. The molecule has 2 rings (SSSR count). The van der Waals surface area contributed by atoms with Crippen molar-refractivity contribution in [3.63, 3.8) is 0 Å². The van der Waals surface area contributed by atoms with Gasteiger partial charge in [-0.1, -0.05) is 0 Å². The predicted molar refractivity (Wildman–Crippen MR) is 41.5 cm³/mol. The van der Waals surface area contributed by atoms with Crippen molar-refractivity contribution in [3.8, 4) is 12.3 Å². The fraction of sp³-hybridized carbons (Fsp3) is 0.778. The van der Waals surface area contributed by atoms with E-state index in [1.54, 1.807) is 0 Å². The van der Waals surface area contributed by atoms with Crippen LogP contribution < -0.4 is 0 Å². The van der Waals surface area contributed by atoms with Crippen molar-refractivity contribution < 1.29 is 0 Å². The monoisotopic (exact) mass is 135 g/mol. The molecule has 0 aromatic rings. The van der Waals surface area contributed by atoms with E-state index in [1.807, 2.05) is 0 Å². The van der Waals surface area contributed by atoms with Crippen molar-refractivity contribution in [2.45, 2.75) is 31.3 Å². The Kier molecular flexibility index (Phi) is 1.25. The van der Waals surface area contributed by atoms with E-state index in [0.717, 1.165) is 12.1 Å². The van der Waals surface area contributed by atoms with Crippen LogP contribution in [0.3, 0.4) is 0 Å². The third kappa shape index (κ3) is 0.630. The Labute approximate surface area is 62.4 Å². The molecule has 0 saturated carbocycles. The van der Waals surface area contributed by atoms with Crippen molar-refractivity contribution >= 4 is 0 Å². The molecule has 2 saturated heterocycles. The molecule has 0 aromatic carbocycles. The quantitative estimate of drug-likeness (QED) is 0.450. The van der Waals surface area contributed by atoms with Crippen LogP contribution in [0, 0.1) is 18.3 Å². The van der Waals surface area contributed by atoms with E-state index in [2.05, 4.69) is 17.9 Å². The van der Waals surface area contributed by atoms with E-state index in [4.69, 9.17) is 6.42 Å². The molecule has 0 spiro atoms. The average molecular weight is 135 g/mol. The van der Waals surface area contributed by atoms with Gasteiger partial charge in [0.25, 0.3) is 0 Å². The molecule has 1 heteroatoms. The first-order valence-electron chi connectivity index (χ1n) is 4.01. The minimum absolute atomic E-state index is 0.559. The predicted octanol–water partition coefficient (Wildman–Crippen LogP) is 1.10. The zero-order valence-electron chi connectivity index (χ0n) is 6.38. The number of rotatable bonds is 0. The summed E-state index contributed by atoms with van der Waals surface area (Å²) in [5, 5.41) is 0. The van der Waals surface area contributed by atoms with Crippen LogP contribution in [0.1, 0.15) is 19.3 Å². The van der Waals surface area contributed by atoms with E-state index in [9.17, 15) is 0 Å². The highest BCUT2D eigenvalue weighted by Crippen LogP contribution is 2.39. The van der Waals surface area contributed by atoms with Crippen molar-refractivity contribution in [1.82, 2.24) is 4.90 Å². The highest BCUT2D eigenvalue weighted by molar-refractivity contribution is 5.09. The first-order valence-corrected chi connectivity index (χ1v) is 4.01. The van der Waals surface area contributed by atoms with Gasteiger partial charge >= 0.3 is 0 Å². The lowest BCUT2D eigenvalue weighted by Crippen LogP contribution is -2.25. The number of nitrogens with zero attached hydrogens (tertiary/aromatic N) is 1. The molecule has 10 heavy (non-hydrogen) atoms. The van der Waals surface area contributed by atoms with Gasteiger partial charge in [-0.25, -0.2) is 0 Å². The molecular formula is C9H13N. The summed E-state index contributed by atoms with van der Waals surface area (Å²) in [6.45, 7) is 0. The summed E-state index contributed by atoms with van der Waals surface area (Å²) in [4.78, 5) is 2.46. The highest BCUT2D eigenvalue weighted by atomic mass is 15.2. The Bertz CT molecular complexity index is 180. The van der Waals surface area contributed by atoms with E-state index in [0.29, 0.717) is 5.92 Å². The van der Waals surface area contributed by atoms with Gasteiger partial charge in [0.1, 0.15) is 0 Å². The zero-order chi connectivity index (χ0) is 7.14. The van der Waals surface area contributed by atoms with Gasteiger partial charge in [0.05, 0.1) is 0 Å². The minimum atomic E-state index is 0.559.